The number of carbonyl (C=O) groups is 2. The second-order valence-electron chi connectivity index (χ2n) is 7.86. The molecular formula is C26H23FN4O4. The second kappa shape index (κ2) is 10.6. The summed E-state index contributed by atoms with van der Waals surface area (Å²) in [7, 11) is 0. The number of aromatic nitrogens is 3. The third-order valence-corrected chi connectivity index (χ3v) is 5.37. The third kappa shape index (κ3) is 5.70. The van der Waals surface area contributed by atoms with Gasteiger partial charge in [0.2, 0.25) is 5.88 Å². The number of rotatable bonds is 9. The Hall–Kier alpha value is -4.53. The van der Waals surface area contributed by atoms with Gasteiger partial charge in [-0.2, -0.15) is 9.78 Å². The first kappa shape index (κ1) is 23.6. The molecule has 0 radical (unpaired) electrons. The summed E-state index contributed by atoms with van der Waals surface area (Å²) in [5.74, 6) is -2.05. The molecule has 2 aromatic carbocycles. The standard InChI is InChI=1S/C26H23FN4O4/c1-17-6-2-3-7-19(17)21(15-25(32)33)29-26(34)22-14-24(35-16-18-10-12-28-13-11-18)31(30-22)23-9-5-4-8-20(23)27/h2-14,21H,15-16H2,1H3,(H,29,34)(H,32,33)/t21-/m0/s1. The number of benzene rings is 2. The minimum atomic E-state index is -1.06. The number of nitrogens with zero attached hydrogens (tertiary/aromatic N) is 3. The molecule has 1 amide bonds. The zero-order chi connectivity index (χ0) is 24.8. The van der Waals surface area contributed by atoms with Gasteiger partial charge in [-0.1, -0.05) is 36.4 Å². The van der Waals surface area contributed by atoms with Gasteiger partial charge in [0.15, 0.2) is 5.69 Å². The van der Waals surface area contributed by atoms with Crippen molar-refractivity contribution in [3.63, 3.8) is 0 Å². The number of amides is 1. The molecular weight excluding hydrogens is 451 g/mol. The fourth-order valence-corrected chi connectivity index (χ4v) is 3.63. The van der Waals surface area contributed by atoms with Gasteiger partial charge < -0.3 is 15.2 Å². The monoisotopic (exact) mass is 474 g/mol. The topological polar surface area (TPSA) is 106 Å². The highest BCUT2D eigenvalue weighted by atomic mass is 19.1. The normalized spacial score (nSPS) is 11.6. The van der Waals surface area contributed by atoms with Gasteiger partial charge in [0.25, 0.3) is 5.91 Å². The maximum Gasteiger partial charge on any atom is 0.305 e. The molecule has 2 heterocycles. The van der Waals surface area contributed by atoms with Gasteiger partial charge in [-0.05, 0) is 47.9 Å². The number of aryl methyl sites for hydroxylation is 1. The predicted molar refractivity (Wildman–Crippen MR) is 126 cm³/mol. The Bertz CT molecular complexity index is 1340. The number of carboxylic acids is 1. The van der Waals surface area contributed by atoms with Crippen molar-refractivity contribution in [3.05, 3.63) is 107 Å². The zero-order valence-electron chi connectivity index (χ0n) is 18.9. The molecule has 0 bridgehead atoms. The van der Waals surface area contributed by atoms with E-state index in [1.54, 1.807) is 48.8 Å². The fourth-order valence-electron chi connectivity index (χ4n) is 3.63. The van der Waals surface area contributed by atoms with Crippen molar-refractivity contribution in [2.24, 2.45) is 0 Å². The van der Waals surface area contributed by atoms with Crippen LogP contribution in [0.1, 0.15) is 39.6 Å². The van der Waals surface area contributed by atoms with Crippen molar-refractivity contribution in [1.29, 1.82) is 0 Å². The van der Waals surface area contributed by atoms with E-state index in [1.807, 2.05) is 19.1 Å². The van der Waals surface area contributed by atoms with E-state index >= 15 is 0 Å². The minimum absolute atomic E-state index is 0.0399. The Kier molecular flexibility index (Phi) is 7.15. The first-order valence-corrected chi connectivity index (χ1v) is 10.9. The van der Waals surface area contributed by atoms with Crippen molar-refractivity contribution in [2.75, 3.05) is 0 Å². The van der Waals surface area contributed by atoms with Crippen LogP contribution in [0.4, 0.5) is 4.39 Å². The highest BCUT2D eigenvalue weighted by Crippen LogP contribution is 2.25. The molecule has 2 N–H and O–H groups in total. The van der Waals surface area contributed by atoms with Gasteiger partial charge in [0.05, 0.1) is 12.5 Å². The van der Waals surface area contributed by atoms with Gasteiger partial charge in [0, 0.05) is 18.5 Å². The number of pyridine rings is 1. The number of halogens is 1. The van der Waals surface area contributed by atoms with Crippen molar-refractivity contribution in [1.82, 2.24) is 20.1 Å². The summed E-state index contributed by atoms with van der Waals surface area (Å²) in [4.78, 5) is 28.6. The van der Waals surface area contributed by atoms with Crippen molar-refractivity contribution < 1.29 is 23.8 Å². The molecule has 2 aromatic heterocycles. The number of carboxylic acid groups (broad SMARTS) is 1. The molecule has 0 unspecified atom stereocenters. The number of carbonyl (C=O) groups excluding carboxylic acids is 1. The lowest BCUT2D eigenvalue weighted by atomic mass is 9.98. The zero-order valence-corrected chi connectivity index (χ0v) is 18.9. The van der Waals surface area contributed by atoms with Crippen LogP contribution in [0.2, 0.25) is 0 Å². The lowest BCUT2D eigenvalue weighted by Crippen LogP contribution is -2.31. The van der Waals surface area contributed by atoms with Gasteiger partial charge >= 0.3 is 5.97 Å². The summed E-state index contributed by atoms with van der Waals surface area (Å²) in [5, 5.41) is 16.4. The lowest BCUT2D eigenvalue weighted by molar-refractivity contribution is -0.137. The van der Waals surface area contributed by atoms with Crippen LogP contribution in [0, 0.1) is 12.7 Å². The summed E-state index contributed by atoms with van der Waals surface area (Å²) >= 11 is 0. The molecule has 1 atom stereocenters. The number of ether oxygens (including phenoxy) is 1. The van der Waals surface area contributed by atoms with Crippen molar-refractivity contribution >= 4 is 11.9 Å². The van der Waals surface area contributed by atoms with Gasteiger partial charge in [0.1, 0.15) is 18.1 Å². The predicted octanol–water partition coefficient (Wildman–Crippen LogP) is 4.24. The molecule has 0 spiro atoms. The molecule has 0 saturated heterocycles. The molecule has 4 aromatic rings. The van der Waals surface area contributed by atoms with E-state index in [4.69, 9.17) is 4.74 Å². The summed E-state index contributed by atoms with van der Waals surface area (Å²) < 4.78 is 21.6. The van der Waals surface area contributed by atoms with Crippen LogP contribution in [0.25, 0.3) is 5.69 Å². The Morgan fingerprint density at radius 1 is 1.09 bits per heavy atom. The summed E-state index contributed by atoms with van der Waals surface area (Å²) in [6.45, 7) is 1.99. The molecule has 8 nitrogen and oxygen atoms in total. The van der Waals surface area contributed by atoms with E-state index in [2.05, 4.69) is 15.4 Å². The first-order chi connectivity index (χ1) is 16.9. The Morgan fingerprint density at radius 2 is 1.80 bits per heavy atom. The van der Waals surface area contributed by atoms with Crippen LogP contribution >= 0.6 is 0 Å². The number of para-hydroxylation sites is 1. The SMILES string of the molecule is Cc1ccccc1[C@H](CC(=O)O)NC(=O)c1cc(OCc2ccncc2)n(-c2ccccc2F)n1. The van der Waals surface area contributed by atoms with E-state index in [0.717, 1.165) is 11.1 Å². The number of nitrogens with one attached hydrogen (secondary N) is 1. The maximum atomic E-state index is 14.6. The van der Waals surface area contributed by atoms with Crippen molar-refractivity contribution in [2.45, 2.75) is 26.0 Å². The molecule has 0 fully saturated rings. The molecule has 0 aliphatic carbocycles. The van der Waals surface area contributed by atoms with Crippen molar-refractivity contribution in [3.8, 4) is 11.6 Å². The van der Waals surface area contributed by atoms with E-state index in [0.29, 0.717) is 5.56 Å². The Morgan fingerprint density at radius 3 is 2.51 bits per heavy atom. The highest BCUT2D eigenvalue weighted by Gasteiger charge is 2.24. The molecule has 9 heteroatoms. The first-order valence-electron chi connectivity index (χ1n) is 10.9. The highest BCUT2D eigenvalue weighted by molar-refractivity contribution is 5.93. The summed E-state index contributed by atoms with van der Waals surface area (Å²) in [6.07, 6.45) is 2.94. The van der Waals surface area contributed by atoms with E-state index in [1.165, 1.54) is 22.9 Å². The van der Waals surface area contributed by atoms with Crippen LogP contribution in [-0.4, -0.2) is 31.7 Å². The molecule has 35 heavy (non-hydrogen) atoms. The Labute approximate surface area is 201 Å². The van der Waals surface area contributed by atoms with Gasteiger partial charge in [-0.25, -0.2) is 4.39 Å². The summed E-state index contributed by atoms with van der Waals surface area (Å²) in [6, 6.07) is 17.4. The lowest BCUT2D eigenvalue weighted by Gasteiger charge is -2.18. The van der Waals surface area contributed by atoms with Crippen LogP contribution < -0.4 is 10.1 Å². The van der Waals surface area contributed by atoms with E-state index in [-0.39, 0.29) is 30.3 Å². The number of hydrogen-bond donors (Lipinski definition) is 2. The average Bonchev–Trinajstić information content (AvgIpc) is 3.27. The van der Waals surface area contributed by atoms with Crippen LogP contribution in [0.3, 0.4) is 0 Å². The summed E-state index contributed by atoms with van der Waals surface area (Å²) in [5.41, 5.74) is 2.43. The van der Waals surface area contributed by atoms with E-state index < -0.39 is 23.7 Å². The molecule has 0 saturated carbocycles. The quantitative estimate of drug-likeness (QED) is 0.376. The number of hydrogen-bond acceptors (Lipinski definition) is 5. The third-order valence-electron chi connectivity index (χ3n) is 5.37. The van der Waals surface area contributed by atoms with Gasteiger partial charge in [-0.15, -0.1) is 0 Å². The fraction of sp³-hybridized carbons (Fsp3) is 0.154. The maximum absolute atomic E-state index is 14.6. The smallest absolute Gasteiger partial charge is 0.305 e. The molecule has 0 aliphatic rings. The average molecular weight is 474 g/mol. The minimum Gasteiger partial charge on any atom is -0.481 e. The number of aliphatic carboxylic acids is 1. The Balaban J connectivity index is 1.65. The van der Waals surface area contributed by atoms with Crippen LogP contribution in [-0.2, 0) is 11.4 Å². The second-order valence-corrected chi connectivity index (χ2v) is 7.86. The molecule has 4 rings (SSSR count). The molecule has 178 valence electrons. The van der Waals surface area contributed by atoms with Gasteiger partial charge in [-0.3, -0.25) is 14.6 Å². The molecule has 0 aliphatic heterocycles. The van der Waals surface area contributed by atoms with Crippen LogP contribution in [0.5, 0.6) is 5.88 Å². The largest absolute Gasteiger partial charge is 0.481 e. The van der Waals surface area contributed by atoms with Crippen LogP contribution in [0.15, 0.2) is 79.1 Å². The van der Waals surface area contributed by atoms with E-state index in [9.17, 15) is 19.1 Å².